The van der Waals surface area contributed by atoms with Gasteiger partial charge in [0.1, 0.15) is 0 Å². The minimum Gasteiger partial charge on any atom is -0.393 e. The highest BCUT2D eigenvalue weighted by molar-refractivity contribution is 7.80. The topological polar surface area (TPSA) is 20.2 Å². The van der Waals surface area contributed by atoms with Crippen LogP contribution >= 0.6 is 12.6 Å². The maximum Gasteiger partial charge on any atom is 0.0576 e. The fraction of sp³-hybridized carbons (Fsp3) is 1.00. The minimum absolute atomic E-state index is 0.0301. The summed E-state index contributed by atoms with van der Waals surface area (Å²) in [6, 6.07) is 0. The second kappa shape index (κ2) is 2.05. The fourth-order valence-electron chi connectivity index (χ4n) is 0.764. The Balaban J connectivity index is 2.16. The van der Waals surface area contributed by atoms with Gasteiger partial charge in [-0.25, -0.2) is 0 Å². The molecule has 1 rings (SSSR count). The Bertz CT molecular complexity index is 63.1. The van der Waals surface area contributed by atoms with E-state index in [1.54, 1.807) is 0 Å². The lowest BCUT2D eigenvalue weighted by Gasteiger charge is -2.30. The van der Waals surface area contributed by atoms with Gasteiger partial charge in [-0.15, -0.1) is 0 Å². The molecule has 1 nitrogen and oxygen atoms in total. The first-order valence-corrected chi connectivity index (χ1v) is 3.26. The first-order valence-electron chi connectivity index (χ1n) is 2.63. The maximum atomic E-state index is 8.86. The van der Waals surface area contributed by atoms with Crippen molar-refractivity contribution < 1.29 is 5.11 Å². The summed E-state index contributed by atoms with van der Waals surface area (Å²) < 4.78 is 0. The number of thiol groups is 1. The predicted octanol–water partition coefficient (Wildman–Crippen LogP) is 0.687. The summed E-state index contributed by atoms with van der Waals surface area (Å²) in [6.45, 7) is 0. The summed E-state index contributed by atoms with van der Waals surface area (Å²) in [6.07, 6.45) is 2.13. The monoisotopic (exact) mass is 118 g/mol. The largest absolute Gasteiger partial charge is 0.393 e. The molecule has 42 valence electrons. The summed E-state index contributed by atoms with van der Waals surface area (Å²) in [7, 11) is 0. The van der Waals surface area contributed by atoms with Gasteiger partial charge in [0, 0.05) is 0 Å². The summed E-state index contributed by atoms with van der Waals surface area (Å²) in [5.74, 6) is 1.35. The van der Waals surface area contributed by atoms with Crippen LogP contribution < -0.4 is 0 Å². The molecule has 0 unspecified atom stereocenters. The lowest BCUT2D eigenvalue weighted by molar-refractivity contribution is 0.0374. The van der Waals surface area contributed by atoms with Crippen LogP contribution in [0.2, 0.25) is 0 Å². The van der Waals surface area contributed by atoms with Gasteiger partial charge in [-0.1, -0.05) is 0 Å². The highest BCUT2D eigenvalue weighted by Gasteiger charge is 2.26. The molecule has 0 aromatic rings. The molecule has 0 radical (unpaired) electrons. The lowest BCUT2D eigenvalue weighted by atomic mass is 9.84. The van der Waals surface area contributed by atoms with Crippen LogP contribution in [0, 0.1) is 5.92 Å². The van der Waals surface area contributed by atoms with Crippen LogP contribution in [0.3, 0.4) is 0 Å². The zero-order valence-electron chi connectivity index (χ0n) is 4.17. The van der Waals surface area contributed by atoms with Crippen molar-refractivity contribution in [2.24, 2.45) is 5.92 Å². The van der Waals surface area contributed by atoms with Crippen LogP contribution in [0.1, 0.15) is 12.8 Å². The average Bonchev–Trinajstić information content (AvgIpc) is 1.65. The SMILES string of the molecule is O[C@@H]1CC[C@H]1CS. The molecule has 0 aromatic heterocycles. The first-order chi connectivity index (χ1) is 3.34. The molecule has 2 atom stereocenters. The van der Waals surface area contributed by atoms with Gasteiger partial charge >= 0.3 is 0 Å². The molecule has 1 aliphatic carbocycles. The van der Waals surface area contributed by atoms with Crippen LogP contribution in [0.25, 0.3) is 0 Å². The Hall–Kier alpha value is 0.310. The van der Waals surface area contributed by atoms with Gasteiger partial charge in [0.05, 0.1) is 6.10 Å². The van der Waals surface area contributed by atoms with E-state index in [4.69, 9.17) is 5.11 Å². The normalized spacial score (nSPS) is 40.3. The molecule has 2 heteroatoms. The van der Waals surface area contributed by atoms with E-state index in [0.717, 1.165) is 12.2 Å². The Morgan fingerprint density at radius 3 is 2.29 bits per heavy atom. The molecule has 0 aliphatic heterocycles. The lowest BCUT2D eigenvalue weighted by Crippen LogP contribution is -2.32. The highest BCUT2D eigenvalue weighted by Crippen LogP contribution is 2.27. The molecular formula is C5H10OS. The van der Waals surface area contributed by atoms with E-state index in [9.17, 15) is 0 Å². The molecule has 7 heavy (non-hydrogen) atoms. The van der Waals surface area contributed by atoms with Gasteiger partial charge < -0.3 is 5.11 Å². The summed E-state index contributed by atoms with van der Waals surface area (Å²) in [5, 5.41) is 8.86. The van der Waals surface area contributed by atoms with Gasteiger partial charge in [-0.05, 0) is 24.5 Å². The number of aliphatic hydroxyl groups excluding tert-OH is 1. The van der Waals surface area contributed by atoms with Crippen molar-refractivity contribution >= 4 is 12.6 Å². The molecule has 0 heterocycles. The molecule has 1 saturated carbocycles. The summed E-state index contributed by atoms with van der Waals surface area (Å²) in [5.41, 5.74) is 0. The van der Waals surface area contributed by atoms with E-state index in [0.29, 0.717) is 5.92 Å². The van der Waals surface area contributed by atoms with Crippen LogP contribution in [0.5, 0.6) is 0 Å². The van der Waals surface area contributed by atoms with Crippen molar-refractivity contribution in [1.29, 1.82) is 0 Å². The van der Waals surface area contributed by atoms with Crippen molar-refractivity contribution in [1.82, 2.24) is 0 Å². The third-order valence-electron chi connectivity index (χ3n) is 1.61. The van der Waals surface area contributed by atoms with Gasteiger partial charge in [0.2, 0.25) is 0 Å². The minimum atomic E-state index is -0.0301. The van der Waals surface area contributed by atoms with Crippen molar-refractivity contribution in [3.05, 3.63) is 0 Å². The van der Waals surface area contributed by atoms with E-state index < -0.39 is 0 Å². The fourth-order valence-corrected chi connectivity index (χ4v) is 1.19. The molecule has 1 aliphatic rings. The van der Waals surface area contributed by atoms with Crippen LogP contribution in [0.4, 0.5) is 0 Å². The zero-order chi connectivity index (χ0) is 5.28. The van der Waals surface area contributed by atoms with Crippen molar-refractivity contribution in [3.63, 3.8) is 0 Å². The van der Waals surface area contributed by atoms with Crippen molar-refractivity contribution in [2.45, 2.75) is 18.9 Å². The molecule has 1 fully saturated rings. The van der Waals surface area contributed by atoms with E-state index in [1.165, 1.54) is 6.42 Å². The van der Waals surface area contributed by atoms with Crippen LogP contribution in [-0.4, -0.2) is 17.0 Å². The van der Waals surface area contributed by atoms with Crippen LogP contribution in [-0.2, 0) is 0 Å². The van der Waals surface area contributed by atoms with E-state index in [1.807, 2.05) is 0 Å². The predicted molar refractivity (Wildman–Crippen MR) is 32.6 cm³/mol. The second-order valence-electron chi connectivity index (χ2n) is 2.09. The zero-order valence-corrected chi connectivity index (χ0v) is 5.06. The molecule has 1 N–H and O–H groups in total. The number of aliphatic hydroxyl groups is 1. The average molecular weight is 118 g/mol. The molecule has 0 spiro atoms. The Labute approximate surface area is 49.1 Å². The molecule has 0 amide bonds. The number of hydrogen-bond acceptors (Lipinski definition) is 2. The van der Waals surface area contributed by atoms with Gasteiger partial charge in [0.15, 0.2) is 0 Å². The van der Waals surface area contributed by atoms with Crippen molar-refractivity contribution in [3.8, 4) is 0 Å². The van der Waals surface area contributed by atoms with E-state index in [-0.39, 0.29) is 6.10 Å². The van der Waals surface area contributed by atoms with Crippen LogP contribution in [0.15, 0.2) is 0 Å². The van der Waals surface area contributed by atoms with Gasteiger partial charge in [-0.2, -0.15) is 12.6 Å². The molecule has 0 saturated heterocycles. The summed E-state index contributed by atoms with van der Waals surface area (Å²) in [4.78, 5) is 0. The Morgan fingerprint density at radius 2 is 2.29 bits per heavy atom. The smallest absolute Gasteiger partial charge is 0.0576 e. The van der Waals surface area contributed by atoms with E-state index in [2.05, 4.69) is 12.6 Å². The Kier molecular flexibility index (Phi) is 1.60. The van der Waals surface area contributed by atoms with Gasteiger partial charge in [-0.3, -0.25) is 0 Å². The molecule has 0 aromatic carbocycles. The maximum absolute atomic E-state index is 8.86. The Morgan fingerprint density at radius 1 is 1.57 bits per heavy atom. The molecular weight excluding hydrogens is 108 g/mol. The third kappa shape index (κ3) is 0.916. The van der Waals surface area contributed by atoms with Gasteiger partial charge in [0.25, 0.3) is 0 Å². The quantitative estimate of drug-likeness (QED) is 0.485. The van der Waals surface area contributed by atoms with Crippen molar-refractivity contribution in [2.75, 3.05) is 5.75 Å². The molecule has 0 bridgehead atoms. The number of rotatable bonds is 1. The standard InChI is InChI=1S/C5H10OS/c6-5-2-1-4(5)3-7/h4-7H,1-3H2/t4-,5+/m0/s1. The number of hydrogen-bond donors (Lipinski definition) is 2. The summed E-state index contributed by atoms with van der Waals surface area (Å²) >= 11 is 4.05. The van der Waals surface area contributed by atoms with E-state index >= 15 is 0 Å². The first kappa shape index (κ1) is 5.45. The highest BCUT2D eigenvalue weighted by atomic mass is 32.1. The third-order valence-corrected chi connectivity index (χ3v) is 2.08. The second-order valence-corrected chi connectivity index (χ2v) is 2.45.